The van der Waals surface area contributed by atoms with Gasteiger partial charge in [-0.15, -0.1) is 11.3 Å². The molecule has 0 saturated heterocycles. The van der Waals surface area contributed by atoms with Crippen molar-refractivity contribution in [1.29, 1.82) is 0 Å². The molecule has 6 nitrogen and oxygen atoms in total. The number of amides is 2. The normalized spacial score (nSPS) is 14.5. The summed E-state index contributed by atoms with van der Waals surface area (Å²) < 4.78 is 5.00. The number of urea groups is 1. The van der Waals surface area contributed by atoms with E-state index in [-0.39, 0.29) is 12.1 Å². The lowest BCUT2D eigenvalue weighted by atomic mass is 9.94. The highest BCUT2D eigenvalue weighted by Gasteiger charge is 2.27. The number of carbonyl (C=O) groups is 2. The van der Waals surface area contributed by atoms with Crippen molar-refractivity contribution in [3.8, 4) is 0 Å². The van der Waals surface area contributed by atoms with Crippen LogP contribution in [-0.2, 0) is 11.3 Å². The van der Waals surface area contributed by atoms with E-state index in [1.54, 1.807) is 30.5 Å². The minimum atomic E-state index is -0.433. The molecule has 1 saturated carbocycles. The number of ether oxygens (including phenoxy) is 1. The summed E-state index contributed by atoms with van der Waals surface area (Å²) in [4.78, 5) is 31.1. The lowest BCUT2D eigenvalue weighted by Crippen LogP contribution is -2.43. The van der Waals surface area contributed by atoms with Crippen molar-refractivity contribution in [2.75, 3.05) is 11.9 Å². The van der Waals surface area contributed by atoms with Gasteiger partial charge in [-0.3, -0.25) is 0 Å². The van der Waals surface area contributed by atoms with Crippen molar-refractivity contribution < 1.29 is 14.3 Å². The largest absolute Gasteiger partial charge is 0.461 e. The van der Waals surface area contributed by atoms with Crippen LogP contribution in [0.25, 0.3) is 0 Å². The fourth-order valence-corrected chi connectivity index (χ4v) is 4.30. The second-order valence-electron chi connectivity index (χ2n) is 6.71. The Labute approximate surface area is 173 Å². The van der Waals surface area contributed by atoms with Crippen molar-refractivity contribution in [3.63, 3.8) is 0 Å². The zero-order chi connectivity index (χ0) is 19.9. The molecule has 0 spiro atoms. The van der Waals surface area contributed by atoms with Crippen LogP contribution in [-0.4, -0.2) is 34.5 Å². The summed E-state index contributed by atoms with van der Waals surface area (Å²) in [6, 6.07) is 7.08. The number of nitrogens with zero attached hydrogens (tertiary/aromatic N) is 2. The molecule has 28 heavy (non-hydrogen) atoms. The van der Waals surface area contributed by atoms with E-state index in [1.165, 1.54) is 17.8 Å². The number of thiazole rings is 1. The summed E-state index contributed by atoms with van der Waals surface area (Å²) in [5, 5.41) is 5.91. The number of carbonyl (C=O) groups excluding carboxylic acids is 2. The molecular formula is C20H24ClN3O3S. The maximum atomic E-state index is 13.0. The molecule has 0 unspecified atom stereocenters. The summed E-state index contributed by atoms with van der Waals surface area (Å²) in [6.45, 7) is 2.43. The molecule has 2 amide bonds. The van der Waals surface area contributed by atoms with Gasteiger partial charge in [-0.1, -0.05) is 36.9 Å². The maximum Gasteiger partial charge on any atom is 0.357 e. The summed E-state index contributed by atoms with van der Waals surface area (Å²) in [5.41, 5.74) is 0.949. The van der Waals surface area contributed by atoms with Gasteiger partial charge in [0.25, 0.3) is 0 Å². The Morgan fingerprint density at radius 2 is 2.11 bits per heavy atom. The highest BCUT2D eigenvalue weighted by Crippen LogP contribution is 2.26. The fourth-order valence-electron chi connectivity index (χ4n) is 3.35. The van der Waals surface area contributed by atoms with Crippen LogP contribution in [0.2, 0.25) is 5.02 Å². The van der Waals surface area contributed by atoms with Crippen LogP contribution >= 0.6 is 22.9 Å². The second-order valence-corrected chi connectivity index (χ2v) is 8.09. The summed E-state index contributed by atoms with van der Waals surface area (Å²) in [6.07, 6.45) is 5.36. The Balaban J connectivity index is 1.75. The predicted octanol–water partition coefficient (Wildman–Crippen LogP) is 5.34. The van der Waals surface area contributed by atoms with Crippen LogP contribution in [0.5, 0.6) is 0 Å². The average molecular weight is 422 g/mol. The number of hydrogen-bond acceptors (Lipinski definition) is 5. The average Bonchev–Trinajstić information content (AvgIpc) is 3.16. The summed E-state index contributed by atoms with van der Waals surface area (Å²) in [7, 11) is 0. The number of benzene rings is 1. The molecule has 0 atom stereocenters. The highest BCUT2D eigenvalue weighted by atomic mass is 35.5. The molecule has 8 heteroatoms. The number of anilines is 1. The van der Waals surface area contributed by atoms with E-state index in [4.69, 9.17) is 16.3 Å². The van der Waals surface area contributed by atoms with Gasteiger partial charge in [0, 0.05) is 22.1 Å². The van der Waals surface area contributed by atoms with E-state index in [0.29, 0.717) is 29.6 Å². The SMILES string of the molecule is CCOC(=O)c1csc(CN(C(=O)Nc2cccc(Cl)c2)C2CCCCC2)n1. The van der Waals surface area contributed by atoms with E-state index in [0.717, 1.165) is 30.7 Å². The Hall–Kier alpha value is -2.12. The second kappa shape index (κ2) is 9.89. The summed E-state index contributed by atoms with van der Waals surface area (Å²) in [5.74, 6) is -0.433. The number of aromatic nitrogens is 1. The van der Waals surface area contributed by atoms with Gasteiger partial charge in [0.15, 0.2) is 5.69 Å². The Kier molecular flexibility index (Phi) is 7.28. The van der Waals surface area contributed by atoms with E-state index in [1.807, 2.05) is 11.0 Å². The topological polar surface area (TPSA) is 71.5 Å². The molecular weight excluding hydrogens is 398 g/mol. The van der Waals surface area contributed by atoms with Crippen molar-refractivity contribution in [2.45, 2.75) is 51.6 Å². The molecule has 0 radical (unpaired) electrons. The molecule has 0 bridgehead atoms. The van der Waals surface area contributed by atoms with Gasteiger partial charge in [0.2, 0.25) is 0 Å². The van der Waals surface area contributed by atoms with Crippen LogP contribution in [0.1, 0.15) is 54.5 Å². The van der Waals surface area contributed by atoms with Gasteiger partial charge < -0.3 is 15.0 Å². The Bertz CT molecular complexity index is 821. The molecule has 150 valence electrons. The maximum absolute atomic E-state index is 13.0. The van der Waals surface area contributed by atoms with Crippen molar-refractivity contribution in [2.24, 2.45) is 0 Å². The minimum Gasteiger partial charge on any atom is -0.461 e. The molecule has 1 heterocycles. The Morgan fingerprint density at radius 1 is 1.32 bits per heavy atom. The third-order valence-corrected chi connectivity index (χ3v) is 5.76. The van der Waals surface area contributed by atoms with E-state index >= 15 is 0 Å². The van der Waals surface area contributed by atoms with Gasteiger partial charge in [-0.25, -0.2) is 14.6 Å². The molecule has 2 aromatic rings. The van der Waals surface area contributed by atoms with Crippen LogP contribution < -0.4 is 5.32 Å². The first-order chi connectivity index (χ1) is 13.6. The van der Waals surface area contributed by atoms with Gasteiger partial charge in [0.1, 0.15) is 5.01 Å². The molecule has 1 aliphatic carbocycles. The molecule has 3 rings (SSSR count). The molecule has 0 aliphatic heterocycles. The molecule has 1 N–H and O–H groups in total. The lowest BCUT2D eigenvalue weighted by molar-refractivity contribution is 0.0520. The first-order valence-corrected chi connectivity index (χ1v) is 10.8. The van der Waals surface area contributed by atoms with Crippen LogP contribution in [0.15, 0.2) is 29.6 Å². The van der Waals surface area contributed by atoms with Crippen LogP contribution in [0, 0.1) is 0 Å². The van der Waals surface area contributed by atoms with E-state index in [2.05, 4.69) is 10.3 Å². The summed E-state index contributed by atoms with van der Waals surface area (Å²) >= 11 is 7.39. The zero-order valence-corrected chi connectivity index (χ0v) is 17.4. The molecule has 1 aliphatic rings. The van der Waals surface area contributed by atoms with E-state index < -0.39 is 5.97 Å². The van der Waals surface area contributed by atoms with Crippen LogP contribution in [0.4, 0.5) is 10.5 Å². The first-order valence-electron chi connectivity index (χ1n) is 9.51. The van der Waals surface area contributed by atoms with Gasteiger partial charge in [-0.05, 0) is 38.0 Å². The van der Waals surface area contributed by atoms with Crippen molar-refractivity contribution >= 4 is 40.6 Å². The lowest BCUT2D eigenvalue weighted by Gasteiger charge is -2.33. The smallest absolute Gasteiger partial charge is 0.357 e. The third-order valence-electron chi connectivity index (χ3n) is 4.69. The number of hydrogen-bond donors (Lipinski definition) is 1. The monoisotopic (exact) mass is 421 g/mol. The predicted molar refractivity (Wildman–Crippen MR) is 111 cm³/mol. The quantitative estimate of drug-likeness (QED) is 0.639. The standard InChI is InChI=1S/C20H24ClN3O3S/c1-2-27-19(25)17-13-28-18(23-17)12-24(16-9-4-3-5-10-16)20(26)22-15-8-6-7-14(21)11-15/h6-8,11,13,16H,2-5,9-10,12H2,1H3,(H,22,26). The van der Waals surface area contributed by atoms with Gasteiger partial charge >= 0.3 is 12.0 Å². The zero-order valence-electron chi connectivity index (χ0n) is 15.8. The minimum absolute atomic E-state index is 0.155. The van der Waals surface area contributed by atoms with Gasteiger partial charge in [0.05, 0.1) is 13.2 Å². The van der Waals surface area contributed by atoms with Crippen molar-refractivity contribution in [1.82, 2.24) is 9.88 Å². The van der Waals surface area contributed by atoms with E-state index in [9.17, 15) is 9.59 Å². The third kappa shape index (κ3) is 5.45. The molecule has 1 aromatic heterocycles. The number of halogens is 1. The number of esters is 1. The number of nitrogens with one attached hydrogen (secondary N) is 1. The van der Waals surface area contributed by atoms with Crippen molar-refractivity contribution in [3.05, 3.63) is 45.4 Å². The molecule has 1 aromatic carbocycles. The number of rotatable bonds is 6. The van der Waals surface area contributed by atoms with Gasteiger partial charge in [-0.2, -0.15) is 0 Å². The highest BCUT2D eigenvalue weighted by molar-refractivity contribution is 7.09. The fraction of sp³-hybridized carbons (Fsp3) is 0.450. The molecule has 1 fully saturated rings. The van der Waals surface area contributed by atoms with Crippen LogP contribution in [0.3, 0.4) is 0 Å². The Morgan fingerprint density at radius 3 is 2.82 bits per heavy atom. The first kappa shape index (κ1) is 20.6.